The fourth-order valence-corrected chi connectivity index (χ4v) is 2.77. The average molecular weight is 312 g/mol. The highest BCUT2D eigenvalue weighted by Gasteiger charge is 2.45. The van der Waals surface area contributed by atoms with Crippen molar-refractivity contribution in [2.45, 2.75) is 24.7 Å². The van der Waals surface area contributed by atoms with Crippen LogP contribution in [0.15, 0.2) is 0 Å². The van der Waals surface area contributed by atoms with Crippen LogP contribution in [0.2, 0.25) is 0 Å². The summed E-state index contributed by atoms with van der Waals surface area (Å²) >= 11 is 0. The zero-order chi connectivity index (χ0) is 14.1. The number of halogens is 1. The highest BCUT2D eigenvalue weighted by molar-refractivity contribution is 7.60. The van der Waals surface area contributed by atoms with Crippen LogP contribution in [0, 0.1) is 0 Å². The van der Waals surface area contributed by atoms with E-state index in [0.29, 0.717) is 0 Å². The lowest BCUT2D eigenvalue weighted by Gasteiger charge is -2.16. The van der Waals surface area contributed by atoms with Crippen molar-refractivity contribution in [3.05, 3.63) is 0 Å². The van der Waals surface area contributed by atoms with E-state index in [1.54, 1.807) is 0 Å². The van der Waals surface area contributed by atoms with Crippen LogP contribution in [-0.4, -0.2) is 56.2 Å². The van der Waals surface area contributed by atoms with E-state index in [4.69, 9.17) is 24.9 Å². The van der Waals surface area contributed by atoms with E-state index in [9.17, 15) is 13.5 Å². The number of aliphatic hydroxyl groups is 2. The molecule has 0 saturated carbocycles. The van der Waals surface area contributed by atoms with Crippen molar-refractivity contribution < 1.29 is 52.0 Å². The van der Waals surface area contributed by atoms with Gasteiger partial charge in [-0.2, -0.15) is 4.31 Å². The molecule has 18 heavy (non-hydrogen) atoms. The molecule has 5 N–H and O–H groups in total. The van der Waals surface area contributed by atoms with Crippen LogP contribution >= 0.6 is 15.6 Å². The van der Waals surface area contributed by atoms with E-state index >= 15 is 0 Å². The molecule has 0 aliphatic carbocycles. The third-order valence-corrected chi connectivity index (χ3v) is 4.06. The van der Waals surface area contributed by atoms with Crippen molar-refractivity contribution in [1.82, 2.24) is 0 Å². The largest absolute Gasteiger partial charge is 0.481 e. The maximum Gasteiger partial charge on any atom is 0.481 e. The highest BCUT2D eigenvalue weighted by atomic mass is 31.3. The summed E-state index contributed by atoms with van der Waals surface area (Å²) in [5.41, 5.74) is 0. The van der Waals surface area contributed by atoms with Crippen LogP contribution in [0.5, 0.6) is 0 Å². The lowest BCUT2D eigenvalue weighted by atomic mass is 10.2. The minimum Gasteiger partial charge on any atom is -0.387 e. The SMILES string of the molecule is O=P(O)(O)OP(=O)(O)OC[C@H]1O[C@H](O)[C@@H](F)[C@@H]1O. The van der Waals surface area contributed by atoms with Gasteiger partial charge < -0.3 is 29.6 Å². The lowest BCUT2D eigenvalue weighted by Crippen LogP contribution is -2.31. The Kier molecular flexibility index (Phi) is 5.01. The van der Waals surface area contributed by atoms with E-state index in [0.717, 1.165) is 0 Å². The molecule has 0 radical (unpaired) electrons. The number of rotatable bonds is 5. The number of alkyl halides is 1. The second-order valence-corrected chi connectivity index (χ2v) is 6.17. The van der Waals surface area contributed by atoms with Crippen LogP contribution in [0.3, 0.4) is 0 Å². The maximum atomic E-state index is 12.9. The first-order valence-electron chi connectivity index (χ1n) is 4.42. The highest BCUT2D eigenvalue weighted by Crippen LogP contribution is 2.57. The van der Waals surface area contributed by atoms with Gasteiger partial charge in [0.25, 0.3) is 0 Å². The van der Waals surface area contributed by atoms with Gasteiger partial charge in [-0.05, 0) is 0 Å². The van der Waals surface area contributed by atoms with Gasteiger partial charge in [-0.3, -0.25) is 4.52 Å². The summed E-state index contributed by atoms with van der Waals surface area (Å²) in [6.07, 6.45) is -7.33. The molecule has 1 unspecified atom stereocenters. The summed E-state index contributed by atoms with van der Waals surface area (Å²) < 4.78 is 46.1. The first-order valence-corrected chi connectivity index (χ1v) is 7.44. The van der Waals surface area contributed by atoms with E-state index in [-0.39, 0.29) is 0 Å². The van der Waals surface area contributed by atoms with E-state index in [1.165, 1.54) is 0 Å². The zero-order valence-corrected chi connectivity index (χ0v) is 10.4. The summed E-state index contributed by atoms with van der Waals surface area (Å²) in [6, 6.07) is 0. The Hall–Kier alpha value is 0.0700. The van der Waals surface area contributed by atoms with Gasteiger partial charge in [0.15, 0.2) is 12.5 Å². The third-order valence-electron chi connectivity index (χ3n) is 1.91. The first-order chi connectivity index (χ1) is 8.02. The van der Waals surface area contributed by atoms with Crippen LogP contribution in [0.25, 0.3) is 0 Å². The zero-order valence-electron chi connectivity index (χ0n) is 8.57. The van der Waals surface area contributed by atoms with Gasteiger partial charge in [-0.25, -0.2) is 13.5 Å². The van der Waals surface area contributed by atoms with Gasteiger partial charge in [-0.15, -0.1) is 0 Å². The van der Waals surface area contributed by atoms with E-state index < -0.39 is 46.9 Å². The second-order valence-electron chi connectivity index (χ2n) is 3.34. The molecular weight excluding hydrogens is 301 g/mol. The minimum absolute atomic E-state index is 0.910. The van der Waals surface area contributed by atoms with Crippen molar-refractivity contribution >= 4 is 15.6 Å². The third kappa shape index (κ3) is 4.63. The molecule has 1 fully saturated rings. The Morgan fingerprint density at radius 3 is 2.17 bits per heavy atom. The van der Waals surface area contributed by atoms with Crippen LogP contribution in [0.4, 0.5) is 4.39 Å². The Balaban J connectivity index is 2.51. The summed E-state index contributed by atoms with van der Waals surface area (Å²) in [5.74, 6) is 0. The van der Waals surface area contributed by atoms with Gasteiger partial charge >= 0.3 is 15.6 Å². The average Bonchev–Trinajstić information content (AvgIpc) is 2.39. The molecule has 0 bridgehead atoms. The van der Waals surface area contributed by atoms with Gasteiger partial charge in [0, 0.05) is 0 Å². The molecule has 0 aromatic carbocycles. The number of hydrogen-bond acceptors (Lipinski definition) is 7. The minimum atomic E-state index is -5.25. The molecule has 108 valence electrons. The smallest absolute Gasteiger partial charge is 0.387 e. The number of aliphatic hydroxyl groups excluding tert-OH is 2. The first kappa shape index (κ1) is 16.1. The quantitative estimate of drug-likeness (QED) is 0.382. The van der Waals surface area contributed by atoms with Crippen molar-refractivity contribution in [2.75, 3.05) is 6.61 Å². The molecule has 1 rings (SSSR count). The summed E-state index contributed by atoms with van der Waals surface area (Å²) in [6.45, 7) is -0.910. The molecule has 5 atom stereocenters. The molecule has 1 heterocycles. The molecule has 1 saturated heterocycles. The number of phosphoric acid groups is 2. The fraction of sp³-hybridized carbons (Fsp3) is 1.00. The topological polar surface area (TPSA) is 163 Å². The molecular formula is C5H11FO10P2. The summed E-state index contributed by atoms with van der Waals surface area (Å²) in [5, 5.41) is 18.0. The molecule has 13 heteroatoms. The molecule has 0 spiro atoms. The predicted octanol–water partition coefficient (Wildman–Crippen LogP) is -1.37. The van der Waals surface area contributed by atoms with Crippen molar-refractivity contribution in [2.24, 2.45) is 0 Å². The molecule has 0 aromatic heterocycles. The molecule has 1 aliphatic heterocycles. The van der Waals surface area contributed by atoms with Crippen LogP contribution in [-0.2, 0) is 22.7 Å². The van der Waals surface area contributed by atoms with Crippen molar-refractivity contribution in [3.63, 3.8) is 0 Å². The van der Waals surface area contributed by atoms with Gasteiger partial charge in [0.05, 0.1) is 6.61 Å². The van der Waals surface area contributed by atoms with E-state index in [2.05, 4.69) is 13.6 Å². The van der Waals surface area contributed by atoms with Crippen molar-refractivity contribution in [1.29, 1.82) is 0 Å². The molecule has 0 amide bonds. The predicted molar refractivity (Wildman–Crippen MR) is 50.7 cm³/mol. The Labute approximate surface area is 99.8 Å². The normalized spacial score (nSPS) is 36.6. The van der Waals surface area contributed by atoms with Gasteiger partial charge in [0.1, 0.15) is 12.2 Å². The number of ether oxygens (including phenoxy) is 1. The molecule has 10 nitrogen and oxygen atoms in total. The Morgan fingerprint density at radius 1 is 1.22 bits per heavy atom. The summed E-state index contributed by atoms with van der Waals surface area (Å²) in [7, 11) is -10.3. The molecule has 0 aromatic rings. The standard InChI is InChI=1S/C5H11FO10P2/c6-3-4(7)2(15-5(3)8)1-14-18(12,13)16-17(9,10)11/h2-5,7-8H,1H2,(H,12,13)(H2,9,10,11)/t2-,3+,4-,5+/m1/s1. The Bertz CT molecular complexity index is 382. The van der Waals surface area contributed by atoms with Crippen LogP contribution < -0.4 is 0 Å². The number of phosphoric ester groups is 1. The van der Waals surface area contributed by atoms with Gasteiger partial charge in [0.2, 0.25) is 0 Å². The summed E-state index contributed by atoms with van der Waals surface area (Å²) in [4.78, 5) is 25.4. The number of hydrogen-bond donors (Lipinski definition) is 5. The van der Waals surface area contributed by atoms with Gasteiger partial charge in [-0.1, -0.05) is 0 Å². The second kappa shape index (κ2) is 5.59. The lowest BCUT2D eigenvalue weighted by molar-refractivity contribution is -0.120. The maximum absolute atomic E-state index is 12.9. The molecule has 1 aliphatic rings. The Morgan fingerprint density at radius 2 is 1.78 bits per heavy atom. The van der Waals surface area contributed by atoms with Crippen molar-refractivity contribution in [3.8, 4) is 0 Å². The van der Waals surface area contributed by atoms with E-state index in [1.807, 2.05) is 0 Å². The fourth-order valence-electron chi connectivity index (χ4n) is 1.17. The van der Waals surface area contributed by atoms with Crippen LogP contribution in [0.1, 0.15) is 0 Å². The monoisotopic (exact) mass is 312 g/mol.